The molecule has 4 rings (SSSR count). The predicted molar refractivity (Wildman–Crippen MR) is 92.4 cm³/mol. The number of hydrogen-bond acceptors (Lipinski definition) is 5. The van der Waals surface area contributed by atoms with Crippen molar-refractivity contribution in [1.29, 1.82) is 0 Å². The van der Waals surface area contributed by atoms with Crippen molar-refractivity contribution >= 4 is 11.6 Å². The van der Waals surface area contributed by atoms with Crippen LogP contribution in [0, 0.1) is 13.8 Å². The van der Waals surface area contributed by atoms with Crippen molar-refractivity contribution < 1.29 is 4.79 Å². The van der Waals surface area contributed by atoms with Crippen LogP contribution in [0.3, 0.4) is 0 Å². The smallest absolute Gasteiger partial charge is 0.274 e. The third-order valence-corrected chi connectivity index (χ3v) is 4.66. The molecule has 0 aliphatic carbocycles. The Morgan fingerprint density at radius 2 is 2.12 bits per heavy atom. The zero-order valence-electron chi connectivity index (χ0n) is 14.4. The van der Waals surface area contributed by atoms with Crippen LogP contribution in [0.25, 0.3) is 5.65 Å². The molecular formula is C18H20N6O. The Morgan fingerprint density at radius 1 is 1.24 bits per heavy atom. The first-order chi connectivity index (χ1) is 12.1. The fourth-order valence-corrected chi connectivity index (χ4v) is 3.48. The number of piperidine rings is 1. The molecule has 1 atom stereocenters. The molecule has 0 unspecified atom stereocenters. The second kappa shape index (κ2) is 6.23. The van der Waals surface area contributed by atoms with E-state index in [4.69, 9.17) is 0 Å². The van der Waals surface area contributed by atoms with Crippen LogP contribution in [0.15, 0.2) is 30.7 Å². The summed E-state index contributed by atoms with van der Waals surface area (Å²) in [6, 6.07) is 3.73. The minimum atomic E-state index is -0.0452. The van der Waals surface area contributed by atoms with Gasteiger partial charge in [-0.1, -0.05) is 0 Å². The summed E-state index contributed by atoms with van der Waals surface area (Å²) < 4.78 is 1.73. The van der Waals surface area contributed by atoms with Crippen molar-refractivity contribution in [3.8, 4) is 0 Å². The second-order valence-electron chi connectivity index (χ2n) is 6.56. The molecule has 0 aromatic carbocycles. The van der Waals surface area contributed by atoms with Gasteiger partial charge in [0.15, 0.2) is 11.3 Å². The van der Waals surface area contributed by atoms with E-state index in [9.17, 15) is 4.79 Å². The third-order valence-electron chi connectivity index (χ3n) is 4.66. The van der Waals surface area contributed by atoms with Crippen LogP contribution in [0.4, 0.5) is 0 Å². The number of aryl methyl sites for hydroxylation is 2. The zero-order valence-corrected chi connectivity index (χ0v) is 14.4. The summed E-state index contributed by atoms with van der Waals surface area (Å²) in [6.45, 7) is 5.30. The molecule has 0 saturated carbocycles. The lowest BCUT2D eigenvalue weighted by molar-refractivity contribution is 0.0699. The molecule has 0 spiro atoms. The summed E-state index contributed by atoms with van der Waals surface area (Å²) in [4.78, 5) is 27.8. The van der Waals surface area contributed by atoms with Gasteiger partial charge in [0.25, 0.3) is 5.91 Å². The van der Waals surface area contributed by atoms with Gasteiger partial charge in [0.1, 0.15) is 0 Å². The molecule has 0 radical (unpaired) electrons. The molecule has 4 heterocycles. The van der Waals surface area contributed by atoms with Crippen molar-refractivity contribution in [1.82, 2.24) is 29.5 Å². The second-order valence-corrected chi connectivity index (χ2v) is 6.56. The van der Waals surface area contributed by atoms with Gasteiger partial charge in [0.2, 0.25) is 0 Å². The van der Waals surface area contributed by atoms with E-state index >= 15 is 0 Å². The number of hydrogen-bond donors (Lipinski definition) is 0. The first kappa shape index (κ1) is 15.7. The maximum atomic E-state index is 12.9. The highest BCUT2D eigenvalue weighted by Gasteiger charge is 2.28. The molecule has 1 fully saturated rings. The number of rotatable bonds is 2. The van der Waals surface area contributed by atoms with E-state index in [0.29, 0.717) is 17.9 Å². The lowest BCUT2D eigenvalue weighted by atomic mass is 9.95. The fraction of sp³-hybridized carbons (Fsp3) is 0.389. The van der Waals surface area contributed by atoms with Crippen LogP contribution in [-0.4, -0.2) is 48.5 Å². The summed E-state index contributed by atoms with van der Waals surface area (Å²) in [7, 11) is 0. The lowest BCUT2D eigenvalue weighted by Crippen LogP contribution is -2.39. The van der Waals surface area contributed by atoms with Gasteiger partial charge in [-0.25, -0.2) is 9.50 Å². The molecule has 1 saturated heterocycles. The van der Waals surface area contributed by atoms with Gasteiger partial charge in [-0.3, -0.25) is 14.8 Å². The average molecular weight is 336 g/mol. The average Bonchev–Trinajstić information content (AvgIpc) is 3.06. The largest absolute Gasteiger partial charge is 0.337 e. The molecule has 7 heteroatoms. The van der Waals surface area contributed by atoms with Gasteiger partial charge in [-0.2, -0.15) is 5.10 Å². The Kier molecular flexibility index (Phi) is 3.91. The van der Waals surface area contributed by atoms with Gasteiger partial charge in [0, 0.05) is 55.1 Å². The highest BCUT2D eigenvalue weighted by Crippen LogP contribution is 2.26. The molecule has 1 aliphatic heterocycles. The molecular weight excluding hydrogens is 316 g/mol. The Morgan fingerprint density at radius 3 is 2.92 bits per heavy atom. The summed E-state index contributed by atoms with van der Waals surface area (Å²) in [5.41, 5.74) is 4.00. The standard InChI is InChI=1S/C18H20N6O/c1-12-8-13(2)24-17(21-12)9-15(22-24)18(25)23-7-3-4-14(11-23)16-10-19-5-6-20-16/h5-6,8-10,14H,3-4,7,11H2,1-2H3/t14-/m0/s1. The Bertz CT molecular complexity index is 920. The van der Waals surface area contributed by atoms with E-state index in [1.807, 2.05) is 24.8 Å². The third kappa shape index (κ3) is 2.97. The van der Waals surface area contributed by atoms with Crippen LogP contribution in [0.5, 0.6) is 0 Å². The van der Waals surface area contributed by atoms with Crippen molar-refractivity contribution in [2.24, 2.45) is 0 Å². The van der Waals surface area contributed by atoms with Gasteiger partial charge >= 0.3 is 0 Å². The summed E-state index contributed by atoms with van der Waals surface area (Å²) in [5, 5.41) is 4.46. The van der Waals surface area contributed by atoms with Crippen LogP contribution >= 0.6 is 0 Å². The molecule has 3 aromatic heterocycles. The monoisotopic (exact) mass is 336 g/mol. The Labute approximate surface area is 145 Å². The number of carbonyl (C=O) groups is 1. The van der Waals surface area contributed by atoms with E-state index in [0.717, 1.165) is 36.5 Å². The van der Waals surface area contributed by atoms with Gasteiger partial charge in [0.05, 0.1) is 5.69 Å². The normalized spacial score (nSPS) is 17.8. The summed E-state index contributed by atoms with van der Waals surface area (Å²) in [6.07, 6.45) is 7.14. The Balaban J connectivity index is 1.59. The molecule has 1 amide bonds. The van der Waals surface area contributed by atoms with E-state index in [2.05, 4.69) is 20.1 Å². The van der Waals surface area contributed by atoms with E-state index in [1.165, 1.54) is 0 Å². The zero-order chi connectivity index (χ0) is 17.4. The molecule has 128 valence electrons. The first-order valence-corrected chi connectivity index (χ1v) is 8.51. The van der Waals surface area contributed by atoms with Crippen molar-refractivity contribution in [3.63, 3.8) is 0 Å². The number of fused-ring (bicyclic) bond motifs is 1. The number of nitrogens with zero attached hydrogens (tertiary/aromatic N) is 6. The van der Waals surface area contributed by atoms with Crippen LogP contribution in [-0.2, 0) is 0 Å². The minimum Gasteiger partial charge on any atom is -0.337 e. The molecule has 1 aliphatic rings. The topological polar surface area (TPSA) is 76.3 Å². The van der Waals surface area contributed by atoms with Crippen LogP contribution < -0.4 is 0 Å². The number of aromatic nitrogens is 5. The Hall–Kier alpha value is -2.83. The lowest BCUT2D eigenvalue weighted by Gasteiger charge is -2.31. The molecule has 0 N–H and O–H groups in total. The highest BCUT2D eigenvalue weighted by atomic mass is 16.2. The van der Waals surface area contributed by atoms with Crippen molar-refractivity contribution in [2.45, 2.75) is 32.6 Å². The quantitative estimate of drug-likeness (QED) is 0.717. The van der Waals surface area contributed by atoms with E-state index in [-0.39, 0.29) is 11.8 Å². The maximum Gasteiger partial charge on any atom is 0.274 e. The van der Waals surface area contributed by atoms with E-state index < -0.39 is 0 Å². The molecule has 0 bridgehead atoms. The molecule has 3 aromatic rings. The van der Waals surface area contributed by atoms with Gasteiger partial charge < -0.3 is 4.90 Å². The summed E-state index contributed by atoms with van der Waals surface area (Å²) in [5.74, 6) is 0.182. The minimum absolute atomic E-state index is 0.0452. The predicted octanol–water partition coefficient (Wildman–Crippen LogP) is 2.16. The van der Waals surface area contributed by atoms with Crippen LogP contribution in [0.1, 0.15) is 46.3 Å². The van der Waals surface area contributed by atoms with Crippen LogP contribution in [0.2, 0.25) is 0 Å². The van der Waals surface area contributed by atoms with Gasteiger partial charge in [-0.15, -0.1) is 0 Å². The first-order valence-electron chi connectivity index (χ1n) is 8.51. The van der Waals surface area contributed by atoms with E-state index in [1.54, 1.807) is 29.2 Å². The maximum absolute atomic E-state index is 12.9. The molecule has 7 nitrogen and oxygen atoms in total. The molecule has 25 heavy (non-hydrogen) atoms. The van der Waals surface area contributed by atoms with Crippen molar-refractivity contribution in [2.75, 3.05) is 13.1 Å². The SMILES string of the molecule is Cc1cc(C)n2nc(C(=O)N3CCC[C@H](c4cnccn4)C3)cc2n1. The highest BCUT2D eigenvalue weighted by molar-refractivity contribution is 5.93. The number of likely N-dealkylation sites (tertiary alicyclic amines) is 1. The summed E-state index contributed by atoms with van der Waals surface area (Å²) >= 11 is 0. The fourth-order valence-electron chi connectivity index (χ4n) is 3.48. The number of amides is 1. The number of carbonyl (C=O) groups excluding carboxylic acids is 1. The van der Waals surface area contributed by atoms with Crippen molar-refractivity contribution in [3.05, 3.63) is 53.5 Å². The van der Waals surface area contributed by atoms with Gasteiger partial charge in [-0.05, 0) is 32.8 Å².